The van der Waals surface area contributed by atoms with Crippen LogP contribution in [-0.4, -0.2) is 63.3 Å². The van der Waals surface area contributed by atoms with Crippen LogP contribution in [0.5, 0.6) is 0 Å². The quantitative estimate of drug-likeness (QED) is 0.0940. The van der Waals surface area contributed by atoms with E-state index in [0.29, 0.717) is 36.5 Å². The smallest absolute Gasteiger partial charge is 0.269 e. The van der Waals surface area contributed by atoms with Crippen LogP contribution in [0.25, 0.3) is 0 Å². The maximum atomic E-state index is 14.6. The van der Waals surface area contributed by atoms with Crippen LogP contribution >= 0.6 is 0 Å². The summed E-state index contributed by atoms with van der Waals surface area (Å²) >= 11 is 0. The van der Waals surface area contributed by atoms with Crippen molar-refractivity contribution in [3.05, 3.63) is 105 Å². The number of fused-ring (bicyclic) bond motifs is 2. The van der Waals surface area contributed by atoms with Crippen molar-refractivity contribution in [2.45, 2.75) is 89.8 Å². The third-order valence-corrected chi connectivity index (χ3v) is 12.3. The molecule has 1 fully saturated rings. The molecule has 0 saturated carbocycles. The molecule has 2 N–H and O–H groups in total. The summed E-state index contributed by atoms with van der Waals surface area (Å²) in [6, 6.07) is 14.2. The Morgan fingerprint density at radius 2 is 1.90 bits per heavy atom. The molecule has 12 heteroatoms. The van der Waals surface area contributed by atoms with Gasteiger partial charge in [-0.1, -0.05) is 65.8 Å². The first-order valence-corrected chi connectivity index (χ1v) is 19.7. The zero-order valence-electron chi connectivity index (χ0n) is 28.7. The van der Waals surface area contributed by atoms with Crippen molar-refractivity contribution in [3.63, 3.8) is 0 Å². The van der Waals surface area contributed by atoms with Gasteiger partial charge in [0.05, 0.1) is 34.9 Å². The Balaban J connectivity index is 1.44. The molecule has 2 aliphatic heterocycles. The van der Waals surface area contributed by atoms with Crippen molar-refractivity contribution in [3.8, 4) is 0 Å². The SMILES string of the molecule is CC(C)=CCC/C(C)=C/CN1C(=O)[C@@]2(O[C@@H](CCn3cc(C(CO)c4ccccc4)nn3)[C@H]([Si](C)(C)O)[C@H]2C)c2cc([N+](=O)[O-])ccc21. The number of non-ortho nitro benzene ring substituents is 1. The van der Waals surface area contributed by atoms with Crippen LogP contribution in [0.4, 0.5) is 11.4 Å². The normalized spacial score (nSPS) is 23.1. The number of anilines is 1. The summed E-state index contributed by atoms with van der Waals surface area (Å²) < 4.78 is 8.56. The molecule has 0 aliphatic carbocycles. The van der Waals surface area contributed by atoms with Gasteiger partial charge in [-0.15, -0.1) is 5.10 Å². The highest BCUT2D eigenvalue weighted by Gasteiger charge is 2.66. The Labute approximate surface area is 283 Å². The number of aliphatic hydroxyl groups excluding tert-OH is 1. The van der Waals surface area contributed by atoms with E-state index in [1.165, 1.54) is 17.7 Å². The number of aryl methyl sites for hydroxylation is 1. The van der Waals surface area contributed by atoms with Gasteiger partial charge in [0.15, 0.2) is 13.9 Å². The van der Waals surface area contributed by atoms with E-state index < -0.39 is 30.9 Å². The maximum absolute atomic E-state index is 14.6. The summed E-state index contributed by atoms with van der Waals surface area (Å²) in [6.45, 7) is 12.4. The number of amides is 1. The number of nitro groups is 1. The lowest BCUT2D eigenvalue weighted by Crippen LogP contribution is -2.46. The van der Waals surface area contributed by atoms with Crippen molar-refractivity contribution in [1.29, 1.82) is 0 Å². The lowest BCUT2D eigenvalue weighted by atomic mass is 9.82. The second-order valence-electron chi connectivity index (χ2n) is 13.9. The topological polar surface area (TPSA) is 144 Å². The van der Waals surface area contributed by atoms with Crippen molar-refractivity contribution in [2.24, 2.45) is 5.92 Å². The second-order valence-corrected chi connectivity index (χ2v) is 17.9. The number of nitro benzene ring substituents is 1. The van der Waals surface area contributed by atoms with Gasteiger partial charge in [0.1, 0.15) is 0 Å². The summed E-state index contributed by atoms with van der Waals surface area (Å²) in [6.07, 6.45) is 7.73. The summed E-state index contributed by atoms with van der Waals surface area (Å²) in [5.74, 6) is -1.03. The number of hydrogen-bond acceptors (Lipinski definition) is 8. The number of allylic oxidation sites excluding steroid dienone is 3. The van der Waals surface area contributed by atoms with E-state index in [2.05, 4.69) is 30.2 Å². The van der Waals surface area contributed by atoms with E-state index >= 15 is 0 Å². The van der Waals surface area contributed by atoms with Crippen molar-refractivity contribution in [2.75, 3.05) is 18.1 Å². The minimum atomic E-state index is -2.94. The third kappa shape index (κ3) is 6.93. The van der Waals surface area contributed by atoms with Crippen LogP contribution in [0.2, 0.25) is 18.6 Å². The number of benzene rings is 2. The Morgan fingerprint density at radius 3 is 2.54 bits per heavy atom. The molecule has 1 amide bonds. The Hall–Kier alpha value is -3.97. The predicted molar refractivity (Wildman–Crippen MR) is 187 cm³/mol. The van der Waals surface area contributed by atoms with E-state index in [-0.39, 0.29) is 29.7 Å². The number of nitrogens with zero attached hydrogens (tertiary/aromatic N) is 5. The van der Waals surface area contributed by atoms with Crippen molar-refractivity contribution < 1.29 is 24.4 Å². The van der Waals surface area contributed by atoms with E-state index in [9.17, 15) is 24.8 Å². The highest BCUT2D eigenvalue weighted by molar-refractivity contribution is 6.71. The van der Waals surface area contributed by atoms with Crippen LogP contribution in [-0.2, 0) is 21.7 Å². The van der Waals surface area contributed by atoms with E-state index in [1.54, 1.807) is 15.6 Å². The summed E-state index contributed by atoms with van der Waals surface area (Å²) in [5, 5.41) is 30.7. The minimum absolute atomic E-state index is 0.112. The summed E-state index contributed by atoms with van der Waals surface area (Å²) in [4.78, 5) is 39.4. The summed E-state index contributed by atoms with van der Waals surface area (Å²) in [5.41, 5.74) is 3.13. The zero-order chi connectivity index (χ0) is 34.8. The molecule has 1 unspecified atom stereocenters. The van der Waals surface area contributed by atoms with Crippen LogP contribution in [0, 0.1) is 16.0 Å². The molecule has 1 aromatic heterocycles. The molecule has 3 heterocycles. The molecule has 11 nitrogen and oxygen atoms in total. The highest BCUT2D eigenvalue weighted by atomic mass is 28.4. The van der Waals surface area contributed by atoms with Crippen molar-refractivity contribution in [1.82, 2.24) is 15.0 Å². The highest BCUT2D eigenvalue weighted by Crippen LogP contribution is 2.60. The third-order valence-electron chi connectivity index (χ3n) is 9.83. The molecule has 2 aromatic carbocycles. The minimum Gasteiger partial charge on any atom is -0.432 e. The van der Waals surface area contributed by atoms with E-state index in [0.717, 1.165) is 24.0 Å². The molecule has 0 radical (unpaired) electrons. The molecule has 5 atom stereocenters. The molecule has 1 spiro atoms. The number of ether oxygens (including phenoxy) is 1. The van der Waals surface area contributed by atoms with Gasteiger partial charge in [-0.3, -0.25) is 19.6 Å². The van der Waals surface area contributed by atoms with Gasteiger partial charge in [-0.05, 0) is 64.8 Å². The van der Waals surface area contributed by atoms with Gasteiger partial charge >= 0.3 is 0 Å². The first-order chi connectivity index (χ1) is 22.8. The molecule has 5 rings (SSSR count). The van der Waals surface area contributed by atoms with Crippen LogP contribution < -0.4 is 4.90 Å². The van der Waals surface area contributed by atoms with Crippen LogP contribution in [0.1, 0.15) is 69.7 Å². The Kier molecular flexibility index (Phi) is 10.5. The first kappa shape index (κ1) is 35.3. The Morgan fingerprint density at radius 1 is 1.17 bits per heavy atom. The molecule has 0 bridgehead atoms. The average molecular weight is 674 g/mol. The second kappa shape index (κ2) is 14.3. The number of hydrogen-bond donors (Lipinski definition) is 2. The zero-order valence-corrected chi connectivity index (χ0v) is 29.7. The lowest BCUT2D eigenvalue weighted by molar-refractivity contribution is -0.385. The predicted octanol–water partition coefficient (Wildman–Crippen LogP) is 6.24. The van der Waals surface area contributed by atoms with Crippen LogP contribution in [0.3, 0.4) is 0 Å². The number of carbonyl (C=O) groups excluding carboxylic acids is 1. The van der Waals surface area contributed by atoms with Gasteiger partial charge in [0.25, 0.3) is 11.6 Å². The van der Waals surface area contributed by atoms with Gasteiger partial charge in [0, 0.05) is 48.4 Å². The first-order valence-electron chi connectivity index (χ1n) is 16.6. The standard InChI is InChI=1S/C36H47N5O6Si/c1-24(2)11-10-12-25(3)17-20-40-32-16-15-28(41(44)45)21-30(32)36(35(40)43)26(4)34(48(5,6)46)33(47-36)18-19-39-22-31(37-38-39)29(23-42)27-13-8-7-9-14-27/h7-9,11,13-17,21-22,26,29,33-34,42,46H,10,12,18-20,23H2,1-6H3/b25-17+/t26-,29?,33+,34-,36+/m1/s1. The van der Waals surface area contributed by atoms with Crippen LogP contribution in [0.15, 0.2) is 78.0 Å². The molecule has 1 saturated heterocycles. The fourth-order valence-electron chi connectivity index (χ4n) is 7.46. The monoisotopic (exact) mass is 673 g/mol. The molecule has 3 aromatic rings. The Bertz CT molecular complexity index is 1700. The summed E-state index contributed by atoms with van der Waals surface area (Å²) in [7, 11) is -2.94. The molecule has 256 valence electrons. The van der Waals surface area contributed by atoms with Gasteiger partial charge in [0.2, 0.25) is 0 Å². The van der Waals surface area contributed by atoms with E-state index in [4.69, 9.17) is 4.74 Å². The molecular weight excluding hydrogens is 627 g/mol. The van der Waals surface area contributed by atoms with Gasteiger partial charge < -0.3 is 19.5 Å². The maximum Gasteiger partial charge on any atom is 0.269 e. The average Bonchev–Trinajstić information content (AvgIpc) is 3.69. The van der Waals surface area contributed by atoms with Gasteiger partial charge in [-0.25, -0.2) is 0 Å². The number of rotatable bonds is 13. The number of aromatic nitrogens is 3. The number of carbonyl (C=O) groups is 1. The van der Waals surface area contributed by atoms with E-state index in [1.807, 2.05) is 69.5 Å². The molecular formula is C36H47N5O6Si. The fourth-order valence-corrected chi connectivity index (χ4v) is 10.1. The largest absolute Gasteiger partial charge is 0.432 e. The lowest BCUT2D eigenvalue weighted by Gasteiger charge is -2.32. The fraction of sp³-hybridized carbons (Fsp3) is 0.472. The van der Waals surface area contributed by atoms with Gasteiger partial charge in [-0.2, -0.15) is 0 Å². The molecule has 48 heavy (non-hydrogen) atoms. The van der Waals surface area contributed by atoms with Crippen molar-refractivity contribution >= 4 is 25.6 Å². The molecule has 2 aliphatic rings. The number of aliphatic hydroxyl groups is 1.